The number of carbonyl (C=O) groups excluding carboxylic acids is 1. The van der Waals surface area contributed by atoms with Crippen LogP contribution in [0.5, 0.6) is 0 Å². The molecule has 3 aromatic carbocycles. The summed E-state index contributed by atoms with van der Waals surface area (Å²) >= 11 is 0. The zero-order valence-electron chi connectivity index (χ0n) is 15.0. The molecule has 0 heterocycles. The zero-order valence-corrected chi connectivity index (χ0v) is 15.0. The van der Waals surface area contributed by atoms with E-state index in [2.05, 4.69) is 36.4 Å². The van der Waals surface area contributed by atoms with Gasteiger partial charge in [0.15, 0.2) is 0 Å². The molecule has 0 amide bonds. The number of hydrogen-bond acceptors (Lipinski definition) is 2. The van der Waals surface area contributed by atoms with Crippen LogP contribution in [0.25, 0.3) is 0 Å². The molecule has 0 aliphatic carbocycles. The second-order valence-electron chi connectivity index (χ2n) is 6.60. The summed E-state index contributed by atoms with van der Waals surface area (Å²) in [6.07, 6.45) is 1.46. The van der Waals surface area contributed by atoms with E-state index >= 15 is 0 Å². The average molecular weight is 344 g/mol. The highest BCUT2D eigenvalue weighted by Crippen LogP contribution is 2.40. The Morgan fingerprint density at radius 3 is 1.50 bits per heavy atom. The van der Waals surface area contributed by atoms with Crippen molar-refractivity contribution in [1.82, 2.24) is 0 Å². The molecule has 0 spiro atoms. The van der Waals surface area contributed by atoms with Crippen LogP contribution in [0.3, 0.4) is 0 Å². The number of rotatable bonds is 8. The van der Waals surface area contributed by atoms with E-state index in [9.17, 15) is 4.79 Å². The maximum Gasteiger partial charge on any atom is 0.143 e. The fourth-order valence-corrected chi connectivity index (χ4v) is 3.27. The number of carbonyl (C=O) groups is 1. The summed E-state index contributed by atoms with van der Waals surface area (Å²) in [5.74, 6) is 0.156. The highest BCUT2D eigenvalue weighted by molar-refractivity contribution is 5.50. The highest BCUT2D eigenvalue weighted by Gasteiger charge is 2.37. The first-order valence-corrected chi connectivity index (χ1v) is 9.01. The Balaban J connectivity index is 2.16. The first-order valence-electron chi connectivity index (χ1n) is 9.01. The van der Waals surface area contributed by atoms with E-state index in [1.807, 2.05) is 61.5 Å². The Hall–Kier alpha value is -2.71. The lowest BCUT2D eigenvalue weighted by molar-refractivity contribution is -0.109. The van der Waals surface area contributed by atoms with Crippen molar-refractivity contribution in [3.63, 3.8) is 0 Å². The minimum atomic E-state index is -0.707. The molecular weight excluding hydrogens is 320 g/mol. The van der Waals surface area contributed by atoms with E-state index in [4.69, 9.17) is 4.74 Å². The van der Waals surface area contributed by atoms with Crippen LogP contribution >= 0.6 is 0 Å². The van der Waals surface area contributed by atoms with Gasteiger partial charge in [0, 0.05) is 6.42 Å². The number of benzene rings is 3. The van der Waals surface area contributed by atoms with Gasteiger partial charge in [0.05, 0.1) is 6.61 Å². The molecule has 3 aromatic rings. The fourth-order valence-electron chi connectivity index (χ4n) is 3.27. The molecule has 0 aliphatic heterocycles. The summed E-state index contributed by atoms with van der Waals surface area (Å²) in [5.41, 5.74) is 2.53. The van der Waals surface area contributed by atoms with Crippen LogP contribution < -0.4 is 0 Å². The van der Waals surface area contributed by atoms with Crippen LogP contribution in [0.4, 0.5) is 0 Å². The van der Waals surface area contributed by atoms with Crippen LogP contribution in [0.1, 0.15) is 30.0 Å². The van der Waals surface area contributed by atoms with Gasteiger partial charge in [-0.3, -0.25) is 0 Å². The Morgan fingerprint density at radius 2 is 1.15 bits per heavy atom. The maximum atomic E-state index is 10.9. The van der Waals surface area contributed by atoms with Crippen LogP contribution in [0.15, 0.2) is 91.0 Å². The van der Waals surface area contributed by atoms with E-state index in [-0.39, 0.29) is 5.92 Å². The largest absolute Gasteiger partial charge is 0.361 e. The molecule has 0 fully saturated rings. The molecule has 26 heavy (non-hydrogen) atoms. The molecule has 3 rings (SSSR count). The molecule has 1 atom stereocenters. The lowest BCUT2D eigenvalue weighted by Crippen LogP contribution is -2.34. The van der Waals surface area contributed by atoms with Crippen molar-refractivity contribution in [1.29, 1.82) is 0 Å². The lowest BCUT2D eigenvalue weighted by atomic mass is 9.80. The SMILES string of the molecule is C[C@@H](CC=O)COC(c1ccccc1)(c1ccccc1)c1ccccc1. The third-order valence-electron chi connectivity index (χ3n) is 4.62. The maximum absolute atomic E-state index is 10.9. The molecule has 0 radical (unpaired) electrons. The molecular formula is C24H24O2. The van der Waals surface area contributed by atoms with Gasteiger partial charge in [-0.05, 0) is 22.6 Å². The minimum Gasteiger partial charge on any atom is -0.361 e. The third kappa shape index (κ3) is 3.76. The Bertz CT molecular complexity index is 701. The molecule has 0 aromatic heterocycles. The smallest absolute Gasteiger partial charge is 0.143 e. The second-order valence-corrected chi connectivity index (χ2v) is 6.60. The van der Waals surface area contributed by atoms with E-state index < -0.39 is 5.60 Å². The van der Waals surface area contributed by atoms with E-state index in [0.29, 0.717) is 13.0 Å². The number of aldehydes is 1. The van der Waals surface area contributed by atoms with Gasteiger partial charge >= 0.3 is 0 Å². The van der Waals surface area contributed by atoms with Gasteiger partial charge in [0.1, 0.15) is 11.9 Å². The van der Waals surface area contributed by atoms with Gasteiger partial charge in [0.25, 0.3) is 0 Å². The van der Waals surface area contributed by atoms with Crippen molar-refractivity contribution in [2.24, 2.45) is 5.92 Å². The monoisotopic (exact) mass is 344 g/mol. The van der Waals surface area contributed by atoms with Crippen molar-refractivity contribution in [3.05, 3.63) is 108 Å². The molecule has 0 aliphatic rings. The van der Waals surface area contributed by atoms with Crippen molar-refractivity contribution in [2.75, 3.05) is 6.61 Å². The van der Waals surface area contributed by atoms with Crippen LogP contribution in [0.2, 0.25) is 0 Å². The summed E-state index contributed by atoms with van der Waals surface area (Å²) < 4.78 is 6.64. The van der Waals surface area contributed by atoms with Crippen molar-refractivity contribution in [3.8, 4) is 0 Å². The first kappa shape index (κ1) is 18.1. The lowest BCUT2D eigenvalue weighted by Gasteiger charge is -2.36. The summed E-state index contributed by atoms with van der Waals surface area (Å²) in [7, 11) is 0. The first-order chi connectivity index (χ1) is 12.8. The molecule has 2 heteroatoms. The molecule has 0 N–H and O–H groups in total. The standard InChI is InChI=1S/C24H24O2/c1-20(17-18-25)19-26-24(21-11-5-2-6-12-21,22-13-7-3-8-14-22)23-15-9-4-10-16-23/h2-16,18,20H,17,19H2,1H3/t20-/m0/s1. The summed E-state index contributed by atoms with van der Waals surface area (Å²) in [5, 5.41) is 0. The molecule has 0 saturated carbocycles. The molecule has 0 bridgehead atoms. The van der Waals surface area contributed by atoms with Crippen LogP contribution in [0, 0.1) is 5.92 Å². The van der Waals surface area contributed by atoms with Crippen LogP contribution in [-0.4, -0.2) is 12.9 Å². The minimum absolute atomic E-state index is 0.156. The van der Waals surface area contributed by atoms with E-state index in [1.54, 1.807) is 0 Å². The molecule has 0 unspecified atom stereocenters. The number of hydrogen-bond donors (Lipinski definition) is 0. The predicted molar refractivity (Wildman–Crippen MR) is 105 cm³/mol. The van der Waals surface area contributed by atoms with E-state index in [1.165, 1.54) is 0 Å². The fraction of sp³-hybridized carbons (Fsp3) is 0.208. The van der Waals surface area contributed by atoms with Crippen molar-refractivity contribution in [2.45, 2.75) is 18.9 Å². The summed E-state index contributed by atoms with van der Waals surface area (Å²) in [6, 6.07) is 30.9. The third-order valence-corrected chi connectivity index (χ3v) is 4.62. The normalized spacial score (nSPS) is 12.5. The van der Waals surface area contributed by atoms with Crippen molar-refractivity contribution < 1.29 is 9.53 Å². The Labute approximate surface area is 155 Å². The van der Waals surface area contributed by atoms with Gasteiger partial charge < -0.3 is 9.53 Å². The summed E-state index contributed by atoms with van der Waals surface area (Å²) in [4.78, 5) is 10.9. The molecule has 132 valence electrons. The van der Waals surface area contributed by atoms with Gasteiger partial charge in [0.2, 0.25) is 0 Å². The van der Waals surface area contributed by atoms with Gasteiger partial charge in [-0.2, -0.15) is 0 Å². The zero-order chi connectivity index (χ0) is 18.2. The van der Waals surface area contributed by atoms with Gasteiger partial charge in [-0.15, -0.1) is 0 Å². The van der Waals surface area contributed by atoms with Gasteiger partial charge in [-0.1, -0.05) is 97.9 Å². The quantitative estimate of drug-likeness (QED) is 0.414. The number of ether oxygens (including phenoxy) is 1. The van der Waals surface area contributed by atoms with Crippen LogP contribution in [-0.2, 0) is 15.1 Å². The van der Waals surface area contributed by atoms with Crippen molar-refractivity contribution >= 4 is 6.29 Å². The topological polar surface area (TPSA) is 26.3 Å². The second kappa shape index (κ2) is 8.59. The van der Waals surface area contributed by atoms with Gasteiger partial charge in [-0.25, -0.2) is 0 Å². The average Bonchev–Trinajstić information content (AvgIpc) is 2.71. The summed E-state index contributed by atoms with van der Waals surface area (Å²) in [6.45, 7) is 2.54. The van der Waals surface area contributed by atoms with E-state index in [0.717, 1.165) is 23.0 Å². The Kier molecular flexibility index (Phi) is 5.98. The predicted octanol–water partition coefficient (Wildman–Crippen LogP) is 5.22. The Morgan fingerprint density at radius 1 is 0.769 bits per heavy atom. The molecule has 2 nitrogen and oxygen atoms in total. The highest BCUT2D eigenvalue weighted by atomic mass is 16.5. The molecule has 0 saturated heterocycles.